The first-order valence-corrected chi connectivity index (χ1v) is 5.89. The molecule has 0 aliphatic carbocycles. The Labute approximate surface area is 119 Å². The molecule has 2 aromatic rings. The second-order valence-electron chi connectivity index (χ2n) is 4.05. The van der Waals surface area contributed by atoms with Gasteiger partial charge in [0.1, 0.15) is 5.75 Å². The molecule has 1 aromatic carbocycles. The number of aromatic nitrogens is 1. The molecule has 0 saturated carbocycles. The molecule has 0 aliphatic heterocycles. The second-order valence-corrected chi connectivity index (χ2v) is 4.05. The number of nitrogens with zero attached hydrogens (tertiary/aromatic N) is 1. The first-order chi connectivity index (χ1) is 10.0. The Kier molecular flexibility index (Phi) is 4.03. The van der Waals surface area contributed by atoms with E-state index < -0.39 is 11.9 Å². The summed E-state index contributed by atoms with van der Waals surface area (Å²) in [5.74, 6) is -1.92. The zero-order chi connectivity index (χ0) is 15.4. The molecule has 0 bridgehead atoms. The van der Waals surface area contributed by atoms with Gasteiger partial charge in [0.2, 0.25) is 0 Å². The highest BCUT2D eigenvalue weighted by Gasteiger charge is 2.19. The van der Waals surface area contributed by atoms with Crippen LogP contribution in [-0.2, 0) is 0 Å². The molecule has 21 heavy (non-hydrogen) atoms. The van der Waals surface area contributed by atoms with Crippen molar-refractivity contribution in [2.45, 2.75) is 0 Å². The number of aromatic carboxylic acids is 2. The molecule has 0 unspecified atom stereocenters. The predicted octanol–water partition coefficient (Wildman–Crippen LogP) is 2.23. The van der Waals surface area contributed by atoms with Crippen LogP contribution in [0.2, 0.25) is 0 Å². The Morgan fingerprint density at radius 1 is 1.10 bits per heavy atom. The molecule has 2 rings (SSSR count). The zero-order valence-corrected chi connectivity index (χ0v) is 11.0. The average Bonchev–Trinajstić information content (AvgIpc) is 2.47. The quantitative estimate of drug-likeness (QED) is 0.774. The van der Waals surface area contributed by atoms with E-state index in [-0.39, 0.29) is 16.9 Å². The minimum atomic E-state index is -1.31. The average molecular weight is 288 g/mol. The molecule has 108 valence electrons. The van der Waals surface area contributed by atoms with Crippen molar-refractivity contribution in [3.8, 4) is 5.75 Å². The Morgan fingerprint density at radius 3 is 2.29 bits per heavy atom. The highest BCUT2D eigenvalue weighted by molar-refractivity contribution is 6.02. The molecule has 0 atom stereocenters. The van der Waals surface area contributed by atoms with Gasteiger partial charge in [-0.25, -0.2) is 14.6 Å². The minimum absolute atomic E-state index is 0.0670. The van der Waals surface area contributed by atoms with Gasteiger partial charge in [-0.2, -0.15) is 0 Å². The highest BCUT2D eigenvalue weighted by atomic mass is 16.5. The molecule has 0 amide bonds. The Morgan fingerprint density at radius 2 is 1.76 bits per heavy atom. The number of anilines is 2. The van der Waals surface area contributed by atoms with E-state index in [1.165, 1.54) is 13.2 Å². The van der Waals surface area contributed by atoms with Gasteiger partial charge < -0.3 is 20.3 Å². The highest BCUT2D eigenvalue weighted by Crippen LogP contribution is 2.25. The van der Waals surface area contributed by atoms with Crippen LogP contribution in [0.15, 0.2) is 36.5 Å². The molecule has 3 N–H and O–H groups in total. The van der Waals surface area contributed by atoms with Crippen molar-refractivity contribution < 1.29 is 24.5 Å². The molecule has 0 spiro atoms. The van der Waals surface area contributed by atoms with Gasteiger partial charge in [0.15, 0.2) is 5.69 Å². The van der Waals surface area contributed by atoms with Crippen LogP contribution in [0.5, 0.6) is 5.75 Å². The summed E-state index contributed by atoms with van der Waals surface area (Å²) in [4.78, 5) is 26.1. The number of benzene rings is 1. The second kappa shape index (κ2) is 5.91. The van der Waals surface area contributed by atoms with Crippen LogP contribution in [-0.4, -0.2) is 34.2 Å². The molecule has 1 aromatic heterocycles. The topological polar surface area (TPSA) is 109 Å². The largest absolute Gasteiger partial charge is 0.497 e. The number of rotatable bonds is 5. The van der Waals surface area contributed by atoms with Gasteiger partial charge >= 0.3 is 11.9 Å². The normalized spacial score (nSPS) is 9.95. The van der Waals surface area contributed by atoms with Crippen molar-refractivity contribution in [2.75, 3.05) is 12.4 Å². The Bertz CT molecular complexity index is 650. The van der Waals surface area contributed by atoms with Crippen LogP contribution in [0.3, 0.4) is 0 Å². The summed E-state index contributed by atoms with van der Waals surface area (Å²) in [6.45, 7) is 0. The number of carboxylic acid groups (broad SMARTS) is 2. The fourth-order valence-electron chi connectivity index (χ4n) is 1.75. The monoisotopic (exact) mass is 288 g/mol. The molecular formula is C14H12N2O5. The van der Waals surface area contributed by atoms with Gasteiger partial charge in [-0.1, -0.05) is 0 Å². The summed E-state index contributed by atoms with van der Waals surface area (Å²) in [6.07, 6.45) is 1.14. The van der Waals surface area contributed by atoms with Crippen LogP contribution in [0.4, 0.5) is 11.4 Å². The number of nitrogens with one attached hydrogen (secondary N) is 1. The van der Waals surface area contributed by atoms with Crippen molar-refractivity contribution in [3.05, 3.63) is 47.8 Å². The fraction of sp³-hybridized carbons (Fsp3) is 0.0714. The fourth-order valence-corrected chi connectivity index (χ4v) is 1.75. The Hall–Kier alpha value is -3.09. The van der Waals surface area contributed by atoms with Gasteiger partial charge in [-0.05, 0) is 30.3 Å². The summed E-state index contributed by atoms with van der Waals surface area (Å²) in [5.41, 5.74) is -0.0691. The van der Waals surface area contributed by atoms with E-state index in [4.69, 9.17) is 14.9 Å². The van der Waals surface area contributed by atoms with Crippen molar-refractivity contribution >= 4 is 23.3 Å². The molecule has 0 saturated heterocycles. The van der Waals surface area contributed by atoms with Gasteiger partial charge in [0.05, 0.1) is 18.4 Å². The summed E-state index contributed by atoms with van der Waals surface area (Å²) in [6, 6.07) is 7.85. The summed E-state index contributed by atoms with van der Waals surface area (Å²) in [5, 5.41) is 21.0. The molecule has 0 fully saturated rings. The molecule has 7 nitrogen and oxygen atoms in total. The summed E-state index contributed by atoms with van der Waals surface area (Å²) < 4.78 is 5.01. The minimum Gasteiger partial charge on any atom is -0.497 e. The van der Waals surface area contributed by atoms with Crippen molar-refractivity contribution in [1.29, 1.82) is 0 Å². The maximum atomic E-state index is 11.2. The Balaban J connectivity index is 2.45. The molecule has 1 heterocycles. The number of pyridine rings is 1. The summed E-state index contributed by atoms with van der Waals surface area (Å²) >= 11 is 0. The smallest absolute Gasteiger partial charge is 0.356 e. The van der Waals surface area contributed by atoms with Gasteiger partial charge in [-0.3, -0.25) is 0 Å². The van der Waals surface area contributed by atoms with Crippen LogP contribution >= 0.6 is 0 Å². The van der Waals surface area contributed by atoms with Crippen molar-refractivity contribution in [1.82, 2.24) is 4.98 Å². The van der Waals surface area contributed by atoms with E-state index in [0.29, 0.717) is 11.4 Å². The lowest BCUT2D eigenvalue weighted by Gasteiger charge is -2.12. The third-order valence-corrected chi connectivity index (χ3v) is 2.74. The van der Waals surface area contributed by atoms with E-state index >= 15 is 0 Å². The predicted molar refractivity (Wildman–Crippen MR) is 74.4 cm³/mol. The number of carboxylic acids is 2. The first-order valence-electron chi connectivity index (χ1n) is 5.89. The maximum Gasteiger partial charge on any atom is 0.356 e. The molecular weight excluding hydrogens is 276 g/mol. The van der Waals surface area contributed by atoms with Crippen LogP contribution in [0.25, 0.3) is 0 Å². The third kappa shape index (κ3) is 3.08. The zero-order valence-electron chi connectivity index (χ0n) is 11.0. The van der Waals surface area contributed by atoms with Crippen molar-refractivity contribution in [2.24, 2.45) is 0 Å². The molecule has 0 radical (unpaired) electrons. The lowest BCUT2D eigenvalue weighted by Crippen LogP contribution is -2.11. The van der Waals surface area contributed by atoms with Crippen LogP contribution < -0.4 is 10.1 Å². The first kappa shape index (κ1) is 14.3. The SMILES string of the molecule is COc1ccc(Nc2c(C(=O)O)ccnc2C(=O)O)cc1. The van der Waals surface area contributed by atoms with Crippen LogP contribution in [0, 0.1) is 0 Å². The summed E-state index contributed by atoms with van der Waals surface area (Å²) in [7, 11) is 1.52. The van der Waals surface area contributed by atoms with Crippen molar-refractivity contribution in [3.63, 3.8) is 0 Å². The standard InChI is InChI=1S/C14H12N2O5/c1-21-9-4-2-8(3-5-9)16-11-10(13(17)18)6-7-15-12(11)14(19)20/h2-7,16H,1H3,(H,17,18)(H,19,20). The van der Waals surface area contributed by atoms with Crippen LogP contribution in [0.1, 0.15) is 20.8 Å². The number of methoxy groups -OCH3 is 1. The van der Waals surface area contributed by atoms with E-state index in [1.807, 2.05) is 0 Å². The van der Waals surface area contributed by atoms with E-state index in [9.17, 15) is 9.59 Å². The number of ether oxygens (including phenoxy) is 1. The lowest BCUT2D eigenvalue weighted by molar-refractivity contribution is 0.0691. The van der Waals surface area contributed by atoms with Gasteiger partial charge in [0, 0.05) is 11.9 Å². The van der Waals surface area contributed by atoms with Gasteiger partial charge in [-0.15, -0.1) is 0 Å². The number of hydrogen-bond acceptors (Lipinski definition) is 5. The molecule has 7 heteroatoms. The maximum absolute atomic E-state index is 11.2. The number of hydrogen-bond donors (Lipinski definition) is 3. The number of carbonyl (C=O) groups is 2. The lowest BCUT2D eigenvalue weighted by atomic mass is 10.1. The molecule has 0 aliphatic rings. The van der Waals surface area contributed by atoms with E-state index in [2.05, 4.69) is 10.3 Å². The third-order valence-electron chi connectivity index (χ3n) is 2.74. The van der Waals surface area contributed by atoms with E-state index in [1.54, 1.807) is 24.3 Å². The van der Waals surface area contributed by atoms with Gasteiger partial charge in [0.25, 0.3) is 0 Å². The van der Waals surface area contributed by atoms with E-state index in [0.717, 1.165) is 6.20 Å².